The molecule has 5 aliphatic rings. The summed E-state index contributed by atoms with van der Waals surface area (Å²) in [5.41, 5.74) is -0.0284. The Morgan fingerprint density at radius 2 is 1.73 bits per heavy atom. The van der Waals surface area contributed by atoms with Gasteiger partial charge in [-0.2, -0.15) is 8.42 Å². The fourth-order valence-corrected chi connectivity index (χ4v) is 11.4. The third-order valence-corrected chi connectivity index (χ3v) is 14.4. The minimum atomic E-state index is -4.18. The molecule has 1 amide bonds. The van der Waals surface area contributed by atoms with Gasteiger partial charge < -0.3 is 19.7 Å². The van der Waals surface area contributed by atoms with Crippen molar-refractivity contribution in [2.24, 2.45) is 52.3 Å². The number of carbonyl (C=O) groups excluding carboxylic acids is 1. The zero-order valence-electron chi connectivity index (χ0n) is 27.0. The van der Waals surface area contributed by atoms with E-state index in [-0.39, 0.29) is 58.0 Å². The molecule has 5 aliphatic carbocycles. The van der Waals surface area contributed by atoms with E-state index in [1.165, 1.54) is 12.3 Å². The van der Waals surface area contributed by atoms with Gasteiger partial charge in [-0.25, -0.2) is 14.5 Å². The van der Waals surface area contributed by atoms with Crippen molar-refractivity contribution in [2.75, 3.05) is 6.61 Å². The molecule has 10 heteroatoms. The molecule has 9 nitrogen and oxygen atoms in total. The lowest BCUT2D eigenvalue weighted by atomic mass is 9.41. The lowest BCUT2D eigenvalue weighted by Gasteiger charge is -2.64. The van der Waals surface area contributed by atoms with Gasteiger partial charge in [0.25, 0.3) is 10.0 Å². The van der Waals surface area contributed by atoms with Crippen LogP contribution in [-0.4, -0.2) is 54.1 Å². The highest BCUT2D eigenvalue weighted by atomic mass is 32.2. The molecule has 0 aromatic carbocycles. The molecule has 44 heavy (non-hydrogen) atoms. The minimum absolute atomic E-state index is 0.0222. The standard InChI is InChI=1S/C34H52N2O7S/c1-6-23-27-17-21(37)11-13-34(27,5)26-12-14-33(4)24(8-9-25(33)29(26)30(23)38)20(2)19-42-31(39)36-44(40,41)28-10-7-22(18-35-28)43-32(3)15-16-32/h7,10,18,20-21,23-27,29-30,37-38H,6,8-9,11-17,19H2,1-5H3,(H,36,39)/t20-,21-,23-,24-,25+,26+,27+,29+,30-,33-,34-/m1/s1. The van der Waals surface area contributed by atoms with Gasteiger partial charge in [-0.15, -0.1) is 0 Å². The monoisotopic (exact) mass is 632 g/mol. The number of ether oxygens (including phenoxy) is 2. The topological polar surface area (TPSA) is 135 Å². The number of amides is 1. The lowest BCUT2D eigenvalue weighted by molar-refractivity contribution is -0.203. The van der Waals surface area contributed by atoms with E-state index in [1.807, 2.05) is 11.6 Å². The van der Waals surface area contributed by atoms with Crippen LogP contribution in [0.2, 0.25) is 0 Å². The van der Waals surface area contributed by atoms with Crippen LogP contribution in [0.4, 0.5) is 4.79 Å². The Morgan fingerprint density at radius 3 is 2.39 bits per heavy atom. The summed E-state index contributed by atoms with van der Waals surface area (Å²) in [6.45, 7) is 11.2. The maximum absolute atomic E-state index is 12.8. The summed E-state index contributed by atoms with van der Waals surface area (Å²) >= 11 is 0. The van der Waals surface area contributed by atoms with E-state index in [0.717, 1.165) is 64.2 Å². The Balaban J connectivity index is 1.08. The van der Waals surface area contributed by atoms with Crippen LogP contribution < -0.4 is 9.46 Å². The predicted molar refractivity (Wildman–Crippen MR) is 165 cm³/mol. The highest BCUT2D eigenvalue weighted by Crippen LogP contribution is 2.69. The molecule has 0 bridgehead atoms. The van der Waals surface area contributed by atoms with Crippen LogP contribution in [-0.2, 0) is 14.8 Å². The number of rotatable bonds is 8. The third kappa shape index (κ3) is 5.55. The molecule has 0 unspecified atom stereocenters. The normalized spacial score (nSPS) is 41.4. The van der Waals surface area contributed by atoms with E-state index < -0.39 is 16.1 Å². The summed E-state index contributed by atoms with van der Waals surface area (Å²) in [5, 5.41) is 22.2. The highest BCUT2D eigenvalue weighted by molar-refractivity contribution is 7.90. The number of hydrogen-bond donors (Lipinski definition) is 3. The maximum atomic E-state index is 12.8. The van der Waals surface area contributed by atoms with Crippen LogP contribution >= 0.6 is 0 Å². The zero-order valence-corrected chi connectivity index (χ0v) is 27.8. The molecule has 0 radical (unpaired) electrons. The summed E-state index contributed by atoms with van der Waals surface area (Å²) in [6, 6.07) is 2.88. The van der Waals surface area contributed by atoms with Gasteiger partial charge in [-0.05, 0) is 129 Å². The number of fused-ring (bicyclic) bond motifs is 5. The summed E-state index contributed by atoms with van der Waals surface area (Å²) in [6.07, 6.45) is 9.49. The number of nitrogens with zero attached hydrogens (tertiary/aromatic N) is 1. The molecule has 11 atom stereocenters. The van der Waals surface area contributed by atoms with Crippen LogP contribution in [0, 0.1) is 52.3 Å². The van der Waals surface area contributed by atoms with Crippen molar-refractivity contribution < 1.29 is 32.9 Å². The first-order chi connectivity index (χ1) is 20.7. The van der Waals surface area contributed by atoms with E-state index in [1.54, 1.807) is 6.07 Å². The number of aliphatic hydroxyl groups is 2. The Kier molecular flexibility index (Phi) is 8.31. The molecule has 1 aromatic rings. The van der Waals surface area contributed by atoms with Crippen LogP contribution in [0.1, 0.15) is 98.8 Å². The molecule has 0 spiro atoms. The summed E-state index contributed by atoms with van der Waals surface area (Å²) in [7, 11) is -4.18. The molecule has 3 N–H and O–H groups in total. The van der Waals surface area contributed by atoms with Gasteiger partial charge in [0.05, 0.1) is 25.0 Å². The molecule has 1 aromatic heterocycles. The Morgan fingerprint density at radius 1 is 1.02 bits per heavy atom. The predicted octanol–water partition coefficient (Wildman–Crippen LogP) is 5.69. The second kappa shape index (κ2) is 11.4. The molecule has 6 rings (SSSR count). The number of carbonyl (C=O) groups is 1. The van der Waals surface area contributed by atoms with Crippen LogP contribution in [0.5, 0.6) is 5.75 Å². The van der Waals surface area contributed by atoms with Crippen LogP contribution in [0.3, 0.4) is 0 Å². The number of aromatic nitrogens is 1. The van der Waals surface area contributed by atoms with Gasteiger partial charge in [0.15, 0.2) is 5.03 Å². The van der Waals surface area contributed by atoms with Crippen molar-refractivity contribution in [2.45, 2.75) is 122 Å². The molecule has 5 fully saturated rings. The molecule has 0 saturated heterocycles. The number of sulfonamides is 1. The number of pyridine rings is 1. The van der Waals surface area contributed by atoms with E-state index in [9.17, 15) is 23.4 Å². The summed E-state index contributed by atoms with van der Waals surface area (Å²) in [5.74, 6) is 2.54. The SMILES string of the molecule is CC[C@H]1[C@@H](O)[C@@H]2[C@H](CC[C@]3(C)[C@@H]([C@H](C)COC(=O)NS(=O)(=O)c4ccc(OC5(C)CC5)cn4)CC[C@@H]23)[C@@]2(C)CC[C@@H](O)C[C@@H]12. The second-order valence-electron chi connectivity index (χ2n) is 15.7. The van der Waals surface area contributed by atoms with Crippen LogP contribution in [0.25, 0.3) is 0 Å². The van der Waals surface area contributed by atoms with Crippen molar-refractivity contribution >= 4 is 16.1 Å². The molecule has 5 saturated carbocycles. The first-order valence-corrected chi connectivity index (χ1v) is 18.4. The quantitative estimate of drug-likeness (QED) is 0.333. The van der Waals surface area contributed by atoms with Crippen molar-refractivity contribution in [1.29, 1.82) is 0 Å². The van der Waals surface area contributed by atoms with Crippen molar-refractivity contribution in [3.8, 4) is 5.75 Å². The van der Waals surface area contributed by atoms with E-state index in [0.29, 0.717) is 29.4 Å². The number of nitrogens with one attached hydrogen (secondary N) is 1. The maximum Gasteiger partial charge on any atom is 0.421 e. The largest absolute Gasteiger partial charge is 0.486 e. The average molecular weight is 633 g/mol. The first-order valence-electron chi connectivity index (χ1n) is 16.9. The molecular weight excluding hydrogens is 580 g/mol. The Bertz CT molecular complexity index is 1330. The van der Waals surface area contributed by atoms with Gasteiger partial charge in [-0.3, -0.25) is 0 Å². The molecule has 0 aliphatic heterocycles. The lowest BCUT2D eigenvalue weighted by Crippen LogP contribution is -2.62. The van der Waals surface area contributed by atoms with E-state index in [4.69, 9.17) is 9.47 Å². The fourth-order valence-electron chi connectivity index (χ4n) is 10.6. The minimum Gasteiger partial charge on any atom is -0.486 e. The zero-order chi connectivity index (χ0) is 31.7. The Hall–Kier alpha value is -1.91. The molecular formula is C34H52N2O7S. The van der Waals surface area contributed by atoms with Gasteiger partial charge in [-0.1, -0.05) is 34.1 Å². The van der Waals surface area contributed by atoms with E-state index in [2.05, 4.69) is 32.7 Å². The van der Waals surface area contributed by atoms with Gasteiger partial charge in [0.1, 0.15) is 11.4 Å². The highest BCUT2D eigenvalue weighted by Gasteiger charge is 2.65. The number of aliphatic hydroxyl groups excluding tert-OH is 2. The molecule has 1 heterocycles. The summed E-state index contributed by atoms with van der Waals surface area (Å²) < 4.78 is 38.9. The number of hydrogen-bond acceptors (Lipinski definition) is 8. The first kappa shape index (κ1) is 32.0. The van der Waals surface area contributed by atoms with Gasteiger partial charge in [0.2, 0.25) is 0 Å². The van der Waals surface area contributed by atoms with Gasteiger partial charge >= 0.3 is 6.09 Å². The second-order valence-corrected chi connectivity index (χ2v) is 17.3. The fraction of sp³-hybridized carbons (Fsp3) is 0.824. The Labute approximate surface area is 262 Å². The van der Waals surface area contributed by atoms with Gasteiger partial charge in [0, 0.05) is 0 Å². The smallest absolute Gasteiger partial charge is 0.421 e. The average Bonchev–Trinajstić information content (AvgIpc) is 3.58. The van der Waals surface area contributed by atoms with Crippen molar-refractivity contribution in [3.63, 3.8) is 0 Å². The van der Waals surface area contributed by atoms with Crippen LogP contribution in [0.15, 0.2) is 23.4 Å². The molecule has 246 valence electrons. The third-order valence-electron chi connectivity index (χ3n) is 13.1. The van der Waals surface area contributed by atoms with Crippen molar-refractivity contribution in [3.05, 3.63) is 18.3 Å². The van der Waals surface area contributed by atoms with E-state index >= 15 is 0 Å². The summed E-state index contributed by atoms with van der Waals surface area (Å²) in [4.78, 5) is 16.6. The van der Waals surface area contributed by atoms with Crippen molar-refractivity contribution in [1.82, 2.24) is 9.71 Å².